The van der Waals surface area contributed by atoms with Crippen molar-refractivity contribution < 1.29 is 37.6 Å². The van der Waals surface area contributed by atoms with Crippen LogP contribution < -0.4 is 16.0 Å². The van der Waals surface area contributed by atoms with Crippen LogP contribution in [-0.4, -0.2) is 78.0 Å². The number of hydrogen-bond donors (Lipinski definition) is 3. The van der Waals surface area contributed by atoms with Gasteiger partial charge < -0.3 is 30.1 Å². The van der Waals surface area contributed by atoms with E-state index in [1.807, 2.05) is 0 Å². The molecule has 3 rings (SSSR count). The maximum Gasteiger partial charge on any atom is 0.330 e. The van der Waals surface area contributed by atoms with Crippen LogP contribution in [0.4, 0.5) is 4.39 Å². The summed E-state index contributed by atoms with van der Waals surface area (Å²) in [5.74, 6) is -2.60. The highest BCUT2D eigenvalue weighted by molar-refractivity contribution is 5.97. The average Bonchev–Trinajstić information content (AvgIpc) is 3.42. The molecule has 2 heterocycles. The minimum Gasteiger partial charge on any atom is -0.463 e. The van der Waals surface area contributed by atoms with Crippen molar-refractivity contribution in [2.24, 2.45) is 0 Å². The molecule has 232 valence electrons. The molecule has 0 radical (unpaired) electrons. The number of halogens is 1. The van der Waals surface area contributed by atoms with Crippen molar-refractivity contribution in [3.05, 3.63) is 65.3 Å². The van der Waals surface area contributed by atoms with E-state index in [0.717, 1.165) is 0 Å². The number of benzene rings is 1. The van der Waals surface area contributed by atoms with Crippen molar-refractivity contribution in [1.82, 2.24) is 26.0 Å². The summed E-state index contributed by atoms with van der Waals surface area (Å²) in [5, 5.41) is 11.9. The SMILES string of the molecule is CCOC(=O)C=CC1CCC(=O)N(C)CCCCC(NC(=O)c2cc(C)on2)C(=O)NC(Cc2ccc(F)cc2)C(=O)N1. The molecule has 1 aromatic heterocycles. The molecule has 1 aliphatic heterocycles. The Morgan fingerprint density at radius 1 is 1.14 bits per heavy atom. The molecule has 1 fully saturated rings. The lowest BCUT2D eigenvalue weighted by molar-refractivity contribution is -0.137. The minimum absolute atomic E-state index is 0.00311. The first-order valence-corrected chi connectivity index (χ1v) is 14.2. The molecule has 2 aromatic rings. The van der Waals surface area contributed by atoms with Crippen LogP contribution in [0.1, 0.15) is 60.8 Å². The van der Waals surface area contributed by atoms with E-state index in [2.05, 4.69) is 21.1 Å². The number of hydrogen-bond acceptors (Lipinski definition) is 8. The van der Waals surface area contributed by atoms with Crippen LogP contribution in [0, 0.1) is 12.7 Å². The number of esters is 1. The van der Waals surface area contributed by atoms with Crippen LogP contribution in [-0.2, 0) is 30.3 Å². The molecule has 1 aliphatic rings. The second-order valence-corrected chi connectivity index (χ2v) is 10.3. The van der Waals surface area contributed by atoms with Gasteiger partial charge in [-0.15, -0.1) is 0 Å². The van der Waals surface area contributed by atoms with Crippen LogP contribution >= 0.6 is 0 Å². The van der Waals surface area contributed by atoms with E-state index in [0.29, 0.717) is 30.7 Å². The molecule has 0 aliphatic carbocycles. The van der Waals surface area contributed by atoms with Gasteiger partial charge in [-0.1, -0.05) is 23.4 Å². The summed E-state index contributed by atoms with van der Waals surface area (Å²) in [6.07, 6.45) is 4.21. The highest BCUT2D eigenvalue weighted by atomic mass is 19.1. The molecular formula is C30H38FN5O7. The molecule has 0 bridgehead atoms. The van der Waals surface area contributed by atoms with Crippen molar-refractivity contribution in [3.8, 4) is 0 Å². The maximum atomic E-state index is 13.6. The Morgan fingerprint density at radius 3 is 2.56 bits per heavy atom. The van der Waals surface area contributed by atoms with Gasteiger partial charge in [0.15, 0.2) is 5.69 Å². The van der Waals surface area contributed by atoms with Crippen LogP contribution in [0.5, 0.6) is 0 Å². The first kappa shape index (κ1) is 33.0. The molecule has 43 heavy (non-hydrogen) atoms. The fourth-order valence-electron chi connectivity index (χ4n) is 4.49. The largest absolute Gasteiger partial charge is 0.463 e. The second-order valence-electron chi connectivity index (χ2n) is 10.3. The van der Waals surface area contributed by atoms with E-state index in [9.17, 15) is 28.4 Å². The van der Waals surface area contributed by atoms with Crippen molar-refractivity contribution in [2.75, 3.05) is 20.2 Å². The Kier molecular flexibility index (Phi) is 12.4. The average molecular weight is 600 g/mol. The first-order valence-electron chi connectivity index (χ1n) is 14.2. The Balaban J connectivity index is 1.90. The highest BCUT2D eigenvalue weighted by Gasteiger charge is 2.29. The number of ether oxygens (including phenoxy) is 1. The molecule has 0 saturated carbocycles. The number of rotatable bonds is 7. The van der Waals surface area contributed by atoms with Crippen LogP contribution in [0.15, 0.2) is 47.0 Å². The normalized spacial score (nSPS) is 21.0. The Hall–Kier alpha value is -4.55. The fourth-order valence-corrected chi connectivity index (χ4v) is 4.49. The zero-order chi connectivity index (χ0) is 31.4. The van der Waals surface area contributed by atoms with Gasteiger partial charge in [-0.25, -0.2) is 9.18 Å². The van der Waals surface area contributed by atoms with Gasteiger partial charge in [0.05, 0.1) is 6.61 Å². The number of aromatic nitrogens is 1. The summed E-state index contributed by atoms with van der Waals surface area (Å²) in [4.78, 5) is 66.3. The van der Waals surface area contributed by atoms with Crippen LogP contribution in [0.3, 0.4) is 0 Å². The maximum absolute atomic E-state index is 13.6. The third-order valence-electron chi connectivity index (χ3n) is 6.88. The van der Waals surface area contributed by atoms with E-state index in [1.54, 1.807) is 25.8 Å². The Bertz CT molecular complexity index is 1310. The third-order valence-corrected chi connectivity index (χ3v) is 6.88. The Morgan fingerprint density at radius 2 is 1.88 bits per heavy atom. The molecule has 3 N–H and O–H groups in total. The molecule has 12 nitrogen and oxygen atoms in total. The highest BCUT2D eigenvalue weighted by Crippen LogP contribution is 2.12. The molecule has 3 atom stereocenters. The number of carbonyl (C=O) groups excluding carboxylic acids is 5. The van der Waals surface area contributed by atoms with Gasteiger partial charge in [-0.2, -0.15) is 0 Å². The van der Waals surface area contributed by atoms with E-state index >= 15 is 0 Å². The summed E-state index contributed by atoms with van der Waals surface area (Å²) in [6, 6.07) is 4.04. The van der Waals surface area contributed by atoms with Gasteiger partial charge in [0.1, 0.15) is 23.7 Å². The summed E-state index contributed by atoms with van der Waals surface area (Å²) >= 11 is 0. The number of amides is 4. The van der Waals surface area contributed by atoms with Crippen molar-refractivity contribution in [2.45, 2.75) is 70.5 Å². The topological polar surface area (TPSA) is 160 Å². The minimum atomic E-state index is -1.13. The van der Waals surface area contributed by atoms with Gasteiger partial charge >= 0.3 is 5.97 Å². The van der Waals surface area contributed by atoms with Gasteiger partial charge in [0.2, 0.25) is 17.7 Å². The van der Waals surface area contributed by atoms with E-state index in [-0.39, 0.29) is 43.9 Å². The second kappa shape index (κ2) is 16.2. The lowest BCUT2D eigenvalue weighted by atomic mass is 10.0. The van der Waals surface area contributed by atoms with Crippen molar-refractivity contribution in [1.29, 1.82) is 0 Å². The fraction of sp³-hybridized carbons (Fsp3) is 0.467. The summed E-state index contributed by atoms with van der Waals surface area (Å²) < 4.78 is 23.5. The third kappa shape index (κ3) is 10.7. The van der Waals surface area contributed by atoms with Gasteiger partial charge in [-0.3, -0.25) is 19.2 Å². The zero-order valence-electron chi connectivity index (χ0n) is 24.6. The van der Waals surface area contributed by atoms with E-state index in [4.69, 9.17) is 9.26 Å². The number of carbonyl (C=O) groups is 5. The first-order chi connectivity index (χ1) is 20.5. The summed E-state index contributed by atoms with van der Waals surface area (Å²) in [5.41, 5.74) is 0.581. The molecule has 13 heteroatoms. The quantitative estimate of drug-likeness (QED) is 0.322. The molecule has 0 spiro atoms. The van der Waals surface area contributed by atoms with Crippen LogP contribution in [0.25, 0.3) is 0 Å². The molecule has 1 saturated heterocycles. The molecular weight excluding hydrogens is 561 g/mol. The zero-order valence-corrected chi connectivity index (χ0v) is 24.6. The lowest BCUT2D eigenvalue weighted by Gasteiger charge is -2.25. The number of nitrogens with one attached hydrogen (secondary N) is 3. The Labute approximate surface area is 249 Å². The predicted molar refractivity (Wildman–Crippen MR) is 153 cm³/mol. The monoisotopic (exact) mass is 599 g/mol. The molecule has 4 amide bonds. The summed E-state index contributed by atoms with van der Waals surface area (Å²) in [7, 11) is 1.67. The molecule has 1 aromatic carbocycles. The van der Waals surface area contributed by atoms with Crippen molar-refractivity contribution >= 4 is 29.6 Å². The van der Waals surface area contributed by atoms with Gasteiger partial charge in [-0.05, 0) is 57.2 Å². The lowest BCUT2D eigenvalue weighted by Crippen LogP contribution is -2.55. The van der Waals surface area contributed by atoms with E-state index in [1.165, 1.54) is 42.5 Å². The predicted octanol–water partition coefficient (Wildman–Crippen LogP) is 1.97. The van der Waals surface area contributed by atoms with Crippen molar-refractivity contribution in [3.63, 3.8) is 0 Å². The van der Waals surface area contributed by atoms with Gasteiger partial charge in [0, 0.05) is 44.6 Å². The molecule has 3 unspecified atom stereocenters. The summed E-state index contributed by atoms with van der Waals surface area (Å²) in [6.45, 7) is 3.89. The van der Waals surface area contributed by atoms with Crippen LogP contribution in [0.2, 0.25) is 0 Å². The number of aryl methyl sites for hydroxylation is 1. The standard InChI is InChI=1S/C30H38FN5O7/c1-4-42-27(38)15-13-22-12-14-26(37)36(3)16-6-5-7-23(33-30(41)25-17-19(2)43-35-25)28(39)34-24(29(40)32-22)18-20-8-10-21(31)11-9-20/h8-11,13,15,17,22-24H,4-7,12,14,16,18H2,1-3H3,(H,32,40)(H,33,41)(H,34,39). The number of nitrogens with zero attached hydrogens (tertiary/aromatic N) is 2. The smallest absolute Gasteiger partial charge is 0.330 e. The van der Waals surface area contributed by atoms with Gasteiger partial charge in [0.25, 0.3) is 5.91 Å². The van der Waals surface area contributed by atoms with E-state index < -0.39 is 47.6 Å².